The first-order valence-corrected chi connectivity index (χ1v) is 13.8. The number of furan rings is 1. The summed E-state index contributed by atoms with van der Waals surface area (Å²) < 4.78 is 13.1. The van der Waals surface area contributed by atoms with E-state index in [1.54, 1.807) is 9.58 Å². The van der Waals surface area contributed by atoms with Gasteiger partial charge in [0, 0.05) is 42.3 Å². The van der Waals surface area contributed by atoms with Gasteiger partial charge in [0.25, 0.3) is 0 Å². The molecular formula is C31H33N3O5. The van der Waals surface area contributed by atoms with Crippen molar-refractivity contribution in [3.63, 3.8) is 0 Å². The number of hydrogen-bond donors (Lipinski definition) is 1. The molecule has 2 aromatic carbocycles. The highest BCUT2D eigenvalue weighted by atomic mass is 16.5. The summed E-state index contributed by atoms with van der Waals surface area (Å²) in [7, 11) is 0. The molecule has 0 spiro atoms. The number of para-hydroxylation sites is 1. The number of fused-ring (bicyclic) bond motifs is 1. The van der Waals surface area contributed by atoms with Gasteiger partial charge in [0.1, 0.15) is 16.9 Å². The topological polar surface area (TPSA) is 97.8 Å². The van der Waals surface area contributed by atoms with E-state index in [1.165, 1.54) is 6.20 Å². The summed E-state index contributed by atoms with van der Waals surface area (Å²) in [4.78, 5) is 28.0. The first kappa shape index (κ1) is 25.4. The Morgan fingerprint density at radius 2 is 1.69 bits per heavy atom. The van der Waals surface area contributed by atoms with E-state index in [9.17, 15) is 14.7 Å². The third-order valence-corrected chi connectivity index (χ3v) is 8.15. The molecule has 8 heteroatoms. The Balaban J connectivity index is 1.34. The van der Waals surface area contributed by atoms with E-state index >= 15 is 0 Å². The van der Waals surface area contributed by atoms with Gasteiger partial charge in [0.2, 0.25) is 5.91 Å². The molecule has 1 saturated carbocycles. The summed E-state index contributed by atoms with van der Waals surface area (Å²) in [6.45, 7) is 3.31. The maximum absolute atomic E-state index is 13.9. The van der Waals surface area contributed by atoms with Crippen LogP contribution in [0.15, 0.2) is 65.2 Å². The number of carbonyl (C=O) groups is 2. The summed E-state index contributed by atoms with van der Waals surface area (Å²) in [5, 5.41) is 15.9. The fourth-order valence-corrected chi connectivity index (χ4v) is 5.83. The van der Waals surface area contributed by atoms with Gasteiger partial charge in [0.15, 0.2) is 5.82 Å². The fourth-order valence-electron chi connectivity index (χ4n) is 5.83. The Kier molecular flexibility index (Phi) is 6.95. The molecule has 4 aromatic rings. The van der Waals surface area contributed by atoms with Crippen LogP contribution in [0.2, 0.25) is 0 Å². The van der Waals surface area contributed by atoms with Crippen LogP contribution in [-0.4, -0.2) is 46.0 Å². The molecule has 2 aromatic heterocycles. The second kappa shape index (κ2) is 10.7. The third-order valence-electron chi connectivity index (χ3n) is 8.15. The minimum Gasteiger partial charge on any atom is -0.477 e. The summed E-state index contributed by atoms with van der Waals surface area (Å²) in [6.07, 6.45) is 6.50. The van der Waals surface area contributed by atoms with Gasteiger partial charge in [-0.1, -0.05) is 25.1 Å². The summed E-state index contributed by atoms with van der Waals surface area (Å²) >= 11 is 0. The van der Waals surface area contributed by atoms with Crippen molar-refractivity contribution in [2.75, 3.05) is 18.1 Å². The number of carboxylic acids is 1. The molecule has 0 bridgehead atoms. The van der Waals surface area contributed by atoms with Crippen molar-refractivity contribution in [2.45, 2.75) is 51.5 Å². The summed E-state index contributed by atoms with van der Waals surface area (Å²) in [5.74, 6) is 0.368. The van der Waals surface area contributed by atoms with Gasteiger partial charge in [-0.25, -0.2) is 9.48 Å². The molecule has 6 rings (SSSR count). The molecule has 1 N–H and O–H groups in total. The average molecular weight is 528 g/mol. The highest BCUT2D eigenvalue weighted by Gasteiger charge is 2.37. The van der Waals surface area contributed by atoms with Gasteiger partial charge in [-0.05, 0) is 80.8 Å². The van der Waals surface area contributed by atoms with Crippen molar-refractivity contribution in [1.82, 2.24) is 9.78 Å². The fraction of sp³-hybridized carbons (Fsp3) is 0.387. The van der Waals surface area contributed by atoms with Crippen molar-refractivity contribution < 1.29 is 23.8 Å². The van der Waals surface area contributed by atoms with Gasteiger partial charge in [-0.2, -0.15) is 0 Å². The standard InChI is InChI=1S/C31H33N3O5/c1-20-6-8-22(9-7-20)30(35)34(25-14-16-38-17-15-25)29-26(31(36)37)19-33(32-29)24-12-10-21(11-13-24)28-18-23-4-2-3-5-27(23)39-28/h2-5,10-13,18-20,22,25H,6-9,14-17H2,1H3,(H,36,37)/t20-,22-. The molecule has 1 saturated heterocycles. The molecule has 202 valence electrons. The molecule has 2 aliphatic rings. The quantitative estimate of drug-likeness (QED) is 0.315. The minimum absolute atomic E-state index is 0.0122. The number of benzene rings is 2. The van der Waals surface area contributed by atoms with E-state index < -0.39 is 5.97 Å². The van der Waals surface area contributed by atoms with Gasteiger partial charge < -0.3 is 14.3 Å². The SMILES string of the molecule is C[C@H]1CC[C@H](C(=O)N(c2nn(-c3ccc(-c4cc5ccccc5o4)cc3)cc2C(=O)O)C2CCOCC2)CC1. The van der Waals surface area contributed by atoms with Crippen molar-refractivity contribution in [3.05, 3.63) is 66.4 Å². The maximum atomic E-state index is 13.9. The predicted octanol–water partition coefficient (Wildman–Crippen LogP) is 6.32. The van der Waals surface area contributed by atoms with Crippen LogP contribution < -0.4 is 4.90 Å². The average Bonchev–Trinajstić information content (AvgIpc) is 3.60. The largest absolute Gasteiger partial charge is 0.477 e. The maximum Gasteiger partial charge on any atom is 0.341 e. The Hall–Kier alpha value is -3.91. The van der Waals surface area contributed by atoms with E-state index in [-0.39, 0.29) is 29.2 Å². The van der Waals surface area contributed by atoms with Crippen LogP contribution in [0.5, 0.6) is 0 Å². The molecule has 1 amide bonds. The number of nitrogens with zero attached hydrogens (tertiary/aromatic N) is 3. The number of rotatable bonds is 6. The number of ether oxygens (including phenoxy) is 1. The highest BCUT2D eigenvalue weighted by Crippen LogP contribution is 2.35. The Bertz CT molecular complexity index is 1440. The molecule has 0 radical (unpaired) electrons. The molecule has 1 aliphatic carbocycles. The van der Waals surface area contributed by atoms with E-state index in [4.69, 9.17) is 14.3 Å². The molecule has 39 heavy (non-hydrogen) atoms. The summed E-state index contributed by atoms with van der Waals surface area (Å²) in [6, 6.07) is 17.4. The van der Waals surface area contributed by atoms with Crippen LogP contribution in [0.3, 0.4) is 0 Å². The summed E-state index contributed by atoms with van der Waals surface area (Å²) in [5.41, 5.74) is 2.46. The second-order valence-corrected chi connectivity index (χ2v) is 10.8. The van der Waals surface area contributed by atoms with Gasteiger partial charge in [-0.15, -0.1) is 5.10 Å². The van der Waals surface area contributed by atoms with Crippen molar-refractivity contribution >= 4 is 28.7 Å². The number of carboxylic acid groups (broad SMARTS) is 1. The first-order valence-electron chi connectivity index (χ1n) is 13.8. The van der Waals surface area contributed by atoms with Gasteiger partial charge >= 0.3 is 5.97 Å². The lowest BCUT2D eigenvalue weighted by molar-refractivity contribution is -0.124. The molecule has 0 atom stereocenters. The minimum atomic E-state index is -1.10. The van der Waals surface area contributed by atoms with Crippen LogP contribution in [0.1, 0.15) is 55.8 Å². The van der Waals surface area contributed by atoms with Crippen LogP contribution in [-0.2, 0) is 9.53 Å². The van der Waals surface area contributed by atoms with Crippen LogP contribution >= 0.6 is 0 Å². The number of aromatic nitrogens is 2. The third kappa shape index (κ3) is 5.08. The number of aromatic carboxylic acids is 1. The Morgan fingerprint density at radius 3 is 2.38 bits per heavy atom. The zero-order valence-electron chi connectivity index (χ0n) is 22.1. The van der Waals surface area contributed by atoms with Crippen LogP contribution in [0, 0.1) is 11.8 Å². The zero-order valence-corrected chi connectivity index (χ0v) is 22.1. The molecule has 0 unspecified atom stereocenters. The second-order valence-electron chi connectivity index (χ2n) is 10.8. The predicted molar refractivity (Wildman–Crippen MR) is 148 cm³/mol. The number of amides is 1. The van der Waals surface area contributed by atoms with Gasteiger partial charge in [-0.3, -0.25) is 9.69 Å². The normalized spacial score (nSPS) is 20.2. The van der Waals surface area contributed by atoms with Crippen molar-refractivity contribution in [3.8, 4) is 17.0 Å². The highest BCUT2D eigenvalue weighted by molar-refractivity contribution is 6.02. The molecule has 1 aliphatic heterocycles. The smallest absolute Gasteiger partial charge is 0.341 e. The number of hydrogen-bond acceptors (Lipinski definition) is 5. The van der Waals surface area contributed by atoms with Crippen molar-refractivity contribution in [2.24, 2.45) is 11.8 Å². The monoisotopic (exact) mass is 527 g/mol. The zero-order chi connectivity index (χ0) is 26.9. The Labute approximate surface area is 227 Å². The molecular weight excluding hydrogens is 494 g/mol. The van der Waals surface area contributed by atoms with Crippen LogP contribution in [0.4, 0.5) is 5.82 Å². The number of anilines is 1. The molecule has 2 fully saturated rings. The lowest BCUT2D eigenvalue weighted by atomic mass is 9.82. The van der Waals surface area contributed by atoms with E-state index in [2.05, 4.69) is 6.92 Å². The lowest BCUT2D eigenvalue weighted by Crippen LogP contribution is -2.47. The molecule has 8 nitrogen and oxygen atoms in total. The van der Waals surface area contributed by atoms with E-state index in [0.717, 1.165) is 48.0 Å². The Morgan fingerprint density at radius 1 is 0.974 bits per heavy atom. The van der Waals surface area contributed by atoms with Crippen molar-refractivity contribution in [1.29, 1.82) is 0 Å². The van der Waals surface area contributed by atoms with Gasteiger partial charge in [0.05, 0.1) is 5.69 Å². The van der Waals surface area contributed by atoms with E-state index in [1.807, 2.05) is 54.6 Å². The van der Waals surface area contributed by atoms with E-state index in [0.29, 0.717) is 37.7 Å². The van der Waals surface area contributed by atoms with Crippen LogP contribution in [0.25, 0.3) is 28.0 Å². The number of carbonyl (C=O) groups excluding carboxylic acids is 1. The first-order chi connectivity index (χ1) is 19.0. The molecule has 3 heterocycles. The lowest BCUT2D eigenvalue weighted by Gasteiger charge is -2.37.